The van der Waals surface area contributed by atoms with Crippen LogP contribution in [0.3, 0.4) is 0 Å². The maximum absolute atomic E-state index is 11.3. The Labute approximate surface area is 85.5 Å². The van der Waals surface area contributed by atoms with Gasteiger partial charge in [-0.1, -0.05) is 50.3 Å². The molecule has 0 heterocycles. The molecule has 0 aliphatic rings. The molecule has 14 heavy (non-hydrogen) atoms. The van der Waals surface area contributed by atoms with Gasteiger partial charge in [0.25, 0.3) is 0 Å². The summed E-state index contributed by atoms with van der Waals surface area (Å²) in [7, 11) is 0. The van der Waals surface area contributed by atoms with E-state index >= 15 is 0 Å². The van der Waals surface area contributed by atoms with Gasteiger partial charge in [0.05, 0.1) is 0 Å². The molecule has 1 rings (SSSR count). The Morgan fingerprint density at radius 3 is 2.50 bits per heavy atom. The number of allylic oxidation sites excluding steroid dienone is 1. The number of carbonyl (C=O) groups excluding carboxylic acids is 1. The van der Waals surface area contributed by atoms with Crippen LogP contribution in [0.1, 0.15) is 25.8 Å². The normalized spacial score (nSPS) is 11.1. The summed E-state index contributed by atoms with van der Waals surface area (Å²) in [4.78, 5) is 11.3. The van der Waals surface area contributed by atoms with Crippen molar-refractivity contribution in [3.05, 3.63) is 42.0 Å². The van der Waals surface area contributed by atoms with E-state index in [0.29, 0.717) is 12.3 Å². The Bertz CT molecular complexity index is 309. The first-order valence-electron chi connectivity index (χ1n) is 4.94. The molecule has 0 unspecified atom stereocenters. The molecule has 1 nitrogen and oxygen atoms in total. The first kappa shape index (κ1) is 10.7. The lowest BCUT2D eigenvalue weighted by Gasteiger charge is -1.98. The van der Waals surface area contributed by atoms with E-state index in [1.165, 1.54) is 0 Å². The fourth-order valence-electron chi connectivity index (χ4n) is 1.22. The van der Waals surface area contributed by atoms with E-state index < -0.39 is 0 Å². The molecule has 0 saturated carbocycles. The molecule has 1 aromatic carbocycles. The smallest absolute Gasteiger partial charge is 0.155 e. The Kier molecular flexibility index (Phi) is 4.11. The van der Waals surface area contributed by atoms with Gasteiger partial charge < -0.3 is 0 Å². The lowest BCUT2D eigenvalue weighted by Crippen LogP contribution is -1.98. The zero-order valence-corrected chi connectivity index (χ0v) is 8.73. The minimum Gasteiger partial charge on any atom is -0.295 e. The molecular formula is C13H16O. The molecule has 1 aromatic rings. The third-order valence-electron chi connectivity index (χ3n) is 1.87. The molecule has 0 aliphatic carbocycles. The van der Waals surface area contributed by atoms with Crippen LogP contribution in [0.5, 0.6) is 0 Å². The van der Waals surface area contributed by atoms with Gasteiger partial charge >= 0.3 is 0 Å². The van der Waals surface area contributed by atoms with Crippen LogP contribution < -0.4 is 0 Å². The number of carbonyl (C=O) groups is 1. The highest BCUT2D eigenvalue weighted by molar-refractivity contribution is 5.93. The monoisotopic (exact) mass is 188 g/mol. The quantitative estimate of drug-likeness (QED) is 0.662. The van der Waals surface area contributed by atoms with E-state index in [0.717, 1.165) is 5.56 Å². The average molecular weight is 188 g/mol. The van der Waals surface area contributed by atoms with Crippen molar-refractivity contribution in [3.63, 3.8) is 0 Å². The highest BCUT2D eigenvalue weighted by Gasteiger charge is 1.99. The number of hydrogen-bond donors (Lipinski definition) is 0. The summed E-state index contributed by atoms with van der Waals surface area (Å²) in [5.41, 5.74) is 1.07. The van der Waals surface area contributed by atoms with Crippen molar-refractivity contribution in [1.29, 1.82) is 0 Å². The summed E-state index contributed by atoms with van der Waals surface area (Å²) >= 11 is 0. The van der Waals surface area contributed by atoms with Crippen molar-refractivity contribution in [2.75, 3.05) is 0 Å². The van der Waals surface area contributed by atoms with E-state index in [4.69, 9.17) is 0 Å². The largest absolute Gasteiger partial charge is 0.295 e. The van der Waals surface area contributed by atoms with Crippen molar-refractivity contribution in [1.82, 2.24) is 0 Å². The van der Waals surface area contributed by atoms with E-state index in [9.17, 15) is 4.79 Å². The van der Waals surface area contributed by atoms with Crippen molar-refractivity contribution < 1.29 is 4.79 Å². The summed E-state index contributed by atoms with van der Waals surface area (Å²) in [6, 6.07) is 9.87. The van der Waals surface area contributed by atoms with Crippen molar-refractivity contribution in [2.45, 2.75) is 20.3 Å². The third kappa shape index (κ3) is 4.04. The van der Waals surface area contributed by atoms with E-state index in [-0.39, 0.29) is 5.78 Å². The van der Waals surface area contributed by atoms with Crippen molar-refractivity contribution >= 4 is 11.9 Å². The van der Waals surface area contributed by atoms with Gasteiger partial charge in [-0.15, -0.1) is 0 Å². The fraction of sp³-hybridized carbons (Fsp3) is 0.308. The van der Waals surface area contributed by atoms with Crippen LogP contribution in [0.2, 0.25) is 0 Å². The minimum atomic E-state index is 0.198. The molecular weight excluding hydrogens is 172 g/mol. The SMILES string of the molecule is CC(C)CC(=O)/C=C/c1ccccc1. The van der Waals surface area contributed by atoms with Gasteiger partial charge in [-0.25, -0.2) is 0 Å². The third-order valence-corrected chi connectivity index (χ3v) is 1.87. The van der Waals surface area contributed by atoms with Crippen LogP contribution in [0.15, 0.2) is 36.4 Å². The second kappa shape index (κ2) is 5.38. The van der Waals surface area contributed by atoms with Crippen LogP contribution in [0, 0.1) is 5.92 Å². The van der Waals surface area contributed by atoms with Gasteiger partial charge in [-0.3, -0.25) is 4.79 Å². The lowest BCUT2D eigenvalue weighted by molar-refractivity contribution is -0.115. The minimum absolute atomic E-state index is 0.198. The molecule has 74 valence electrons. The number of rotatable bonds is 4. The number of ketones is 1. The summed E-state index contributed by atoms with van der Waals surface area (Å²) in [6.45, 7) is 4.10. The predicted octanol–water partition coefficient (Wildman–Crippen LogP) is 3.32. The van der Waals surface area contributed by atoms with Gasteiger partial charge in [0.2, 0.25) is 0 Å². The summed E-state index contributed by atoms with van der Waals surface area (Å²) in [5, 5.41) is 0. The Balaban J connectivity index is 2.52. The van der Waals surface area contributed by atoms with Crippen LogP contribution in [0.25, 0.3) is 6.08 Å². The van der Waals surface area contributed by atoms with Crippen LogP contribution >= 0.6 is 0 Å². The Morgan fingerprint density at radius 1 is 1.29 bits per heavy atom. The maximum atomic E-state index is 11.3. The first-order valence-corrected chi connectivity index (χ1v) is 4.94. The van der Waals surface area contributed by atoms with E-state index in [2.05, 4.69) is 0 Å². The standard InChI is InChI=1S/C13H16O/c1-11(2)10-13(14)9-8-12-6-4-3-5-7-12/h3-9,11H,10H2,1-2H3/b9-8+. The summed E-state index contributed by atoms with van der Waals surface area (Å²) in [5.74, 6) is 0.631. The van der Waals surface area contributed by atoms with Crippen LogP contribution in [-0.2, 0) is 4.79 Å². The molecule has 0 radical (unpaired) electrons. The molecule has 0 fully saturated rings. The molecule has 1 heteroatoms. The van der Waals surface area contributed by atoms with Gasteiger partial charge in [0.1, 0.15) is 0 Å². The van der Waals surface area contributed by atoms with Gasteiger partial charge in [-0.2, -0.15) is 0 Å². The molecule has 0 spiro atoms. The lowest BCUT2D eigenvalue weighted by atomic mass is 10.1. The average Bonchev–Trinajstić information content (AvgIpc) is 2.15. The molecule has 0 bridgehead atoms. The van der Waals surface area contributed by atoms with Gasteiger partial charge in [0, 0.05) is 6.42 Å². The molecule has 0 aromatic heterocycles. The number of hydrogen-bond acceptors (Lipinski definition) is 1. The zero-order chi connectivity index (χ0) is 10.4. The molecule has 0 amide bonds. The fourth-order valence-corrected chi connectivity index (χ4v) is 1.22. The molecule has 0 aliphatic heterocycles. The van der Waals surface area contributed by atoms with Gasteiger partial charge in [-0.05, 0) is 17.6 Å². The van der Waals surface area contributed by atoms with Crippen molar-refractivity contribution in [2.24, 2.45) is 5.92 Å². The first-order chi connectivity index (χ1) is 6.68. The van der Waals surface area contributed by atoms with Crippen molar-refractivity contribution in [3.8, 4) is 0 Å². The van der Waals surface area contributed by atoms with Crippen LogP contribution in [0.4, 0.5) is 0 Å². The highest BCUT2D eigenvalue weighted by atomic mass is 16.1. The Hall–Kier alpha value is -1.37. The molecule has 0 atom stereocenters. The second-order valence-electron chi connectivity index (χ2n) is 3.81. The highest BCUT2D eigenvalue weighted by Crippen LogP contribution is 2.04. The summed E-state index contributed by atoms with van der Waals surface area (Å²) < 4.78 is 0. The molecule has 0 saturated heterocycles. The predicted molar refractivity (Wildman–Crippen MR) is 59.9 cm³/mol. The van der Waals surface area contributed by atoms with E-state index in [1.54, 1.807) is 6.08 Å². The zero-order valence-electron chi connectivity index (χ0n) is 8.73. The van der Waals surface area contributed by atoms with Gasteiger partial charge in [0.15, 0.2) is 5.78 Å². The topological polar surface area (TPSA) is 17.1 Å². The number of benzene rings is 1. The Morgan fingerprint density at radius 2 is 1.93 bits per heavy atom. The second-order valence-corrected chi connectivity index (χ2v) is 3.81. The molecule has 0 N–H and O–H groups in total. The summed E-state index contributed by atoms with van der Waals surface area (Å²) in [6.07, 6.45) is 4.16. The van der Waals surface area contributed by atoms with Crippen LogP contribution in [-0.4, -0.2) is 5.78 Å². The maximum Gasteiger partial charge on any atom is 0.155 e. The van der Waals surface area contributed by atoms with E-state index in [1.807, 2.05) is 50.3 Å².